The number of benzene rings is 3. The fourth-order valence-electron chi connectivity index (χ4n) is 4.53. The number of methoxy groups -OCH3 is 2. The number of hydrogen-bond acceptors (Lipinski definition) is 5. The van der Waals surface area contributed by atoms with Crippen LogP contribution in [0.25, 0.3) is 6.08 Å². The zero-order chi connectivity index (χ0) is 28.3. The molecule has 1 aliphatic heterocycles. The third-order valence-corrected chi connectivity index (χ3v) is 7.15. The van der Waals surface area contributed by atoms with Gasteiger partial charge in [-0.05, 0) is 30.3 Å². The highest BCUT2D eigenvalue weighted by Crippen LogP contribution is 2.21. The van der Waals surface area contributed by atoms with Crippen molar-refractivity contribution >= 4 is 35.3 Å². The van der Waals surface area contributed by atoms with Crippen LogP contribution in [0, 0.1) is 0 Å². The largest absolute Gasteiger partial charge is 0.497 e. The summed E-state index contributed by atoms with van der Waals surface area (Å²) in [6.45, 7) is 4.27. The number of rotatable bonds is 10. The van der Waals surface area contributed by atoms with Crippen molar-refractivity contribution in [2.24, 2.45) is 0 Å². The Labute approximate surface area is 240 Å². The molecule has 3 amide bonds. The Morgan fingerprint density at radius 1 is 0.950 bits per heavy atom. The molecule has 0 spiro atoms. The first kappa shape index (κ1) is 29.0. The molecule has 1 saturated heterocycles. The summed E-state index contributed by atoms with van der Waals surface area (Å²) in [5.41, 5.74) is 2.12. The van der Waals surface area contributed by atoms with Gasteiger partial charge in [0.1, 0.15) is 11.5 Å². The average Bonchev–Trinajstić information content (AvgIpc) is 2.99. The molecule has 0 aliphatic carbocycles. The van der Waals surface area contributed by atoms with Crippen molar-refractivity contribution in [1.29, 1.82) is 0 Å². The van der Waals surface area contributed by atoms with E-state index in [1.807, 2.05) is 66.7 Å². The Kier molecular flexibility index (Phi) is 10.4. The Morgan fingerprint density at radius 3 is 2.45 bits per heavy atom. The second-order valence-electron chi connectivity index (χ2n) is 9.37. The van der Waals surface area contributed by atoms with Gasteiger partial charge in [0, 0.05) is 63.1 Å². The molecule has 0 bridgehead atoms. The number of anilines is 1. The van der Waals surface area contributed by atoms with Crippen LogP contribution in [0.3, 0.4) is 0 Å². The monoisotopic (exact) mass is 562 g/mol. The van der Waals surface area contributed by atoms with E-state index >= 15 is 0 Å². The molecular weight excluding hydrogens is 528 g/mol. The molecule has 1 N–H and O–H groups in total. The second-order valence-corrected chi connectivity index (χ2v) is 9.77. The summed E-state index contributed by atoms with van der Waals surface area (Å²) in [4.78, 5) is 32.1. The lowest BCUT2D eigenvalue weighted by Gasteiger charge is -2.35. The van der Waals surface area contributed by atoms with Crippen molar-refractivity contribution in [3.8, 4) is 11.5 Å². The molecule has 0 radical (unpaired) electrons. The normalized spacial score (nSPS) is 13.7. The zero-order valence-corrected chi connectivity index (χ0v) is 23.6. The molecule has 3 aromatic carbocycles. The van der Waals surface area contributed by atoms with Gasteiger partial charge in [-0.3, -0.25) is 9.69 Å². The number of piperazine rings is 1. The first-order valence-electron chi connectivity index (χ1n) is 13.2. The summed E-state index contributed by atoms with van der Waals surface area (Å²) in [6, 6.07) is 22.0. The van der Waals surface area contributed by atoms with E-state index in [1.54, 1.807) is 42.2 Å². The van der Waals surface area contributed by atoms with Gasteiger partial charge in [-0.15, -0.1) is 0 Å². The summed E-state index contributed by atoms with van der Waals surface area (Å²) < 4.78 is 10.7. The summed E-state index contributed by atoms with van der Waals surface area (Å²) in [7, 11) is 3.24. The van der Waals surface area contributed by atoms with Gasteiger partial charge in [0.25, 0.3) is 5.91 Å². The summed E-state index contributed by atoms with van der Waals surface area (Å²) >= 11 is 6.36. The van der Waals surface area contributed by atoms with Gasteiger partial charge in [0.05, 0.1) is 24.8 Å². The molecular formula is C31H35ClN4O4. The lowest BCUT2D eigenvalue weighted by atomic mass is 10.1. The minimum atomic E-state index is -0.134. The molecule has 1 heterocycles. The Morgan fingerprint density at radius 2 is 1.70 bits per heavy atom. The molecule has 0 aromatic heterocycles. The smallest absolute Gasteiger partial charge is 0.321 e. The maximum Gasteiger partial charge on any atom is 0.321 e. The molecule has 1 fully saturated rings. The van der Waals surface area contributed by atoms with Crippen LogP contribution in [0.15, 0.2) is 78.9 Å². The van der Waals surface area contributed by atoms with E-state index in [0.29, 0.717) is 54.7 Å². The maximum absolute atomic E-state index is 13.5. The molecule has 0 unspecified atom stereocenters. The predicted molar refractivity (Wildman–Crippen MR) is 159 cm³/mol. The van der Waals surface area contributed by atoms with Crippen molar-refractivity contribution in [3.63, 3.8) is 0 Å². The van der Waals surface area contributed by atoms with Crippen LogP contribution in [-0.2, 0) is 0 Å². The Bertz CT molecular complexity index is 1320. The summed E-state index contributed by atoms with van der Waals surface area (Å²) in [5.74, 6) is 1.35. The van der Waals surface area contributed by atoms with Gasteiger partial charge in [-0.1, -0.05) is 60.2 Å². The molecule has 9 heteroatoms. The van der Waals surface area contributed by atoms with E-state index in [2.05, 4.69) is 10.2 Å². The van der Waals surface area contributed by atoms with Gasteiger partial charge in [0.15, 0.2) is 0 Å². The highest BCUT2D eigenvalue weighted by atomic mass is 35.5. The minimum Gasteiger partial charge on any atom is -0.497 e. The highest BCUT2D eigenvalue weighted by molar-refractivity contribution is 6.33. The van der Waals surface area contributed by atoms with Crippen LogP contribution in [0.4, 0.5) is 10.5 Å². The number of hydrogen-bond donors (Lipinski definition) is 1. The van der Waals surface area contributed by atoms with Crippen LogP contribution in [0.1, 0.15) is 15.9 Å². The van der Waals surface area contributed by atoms with Crippen LogP contribution in [-0.4, -0.2) is 86.7 Å². The molecule has 3 aromatic rings. The number of urea groups is 1. The first-order chi connectivity index (χ1) is 19.5. The number of carbonyl (C=O) groups is 2. The number of para-hydroxylation sites is 1. The van der Waals surface area contributed by atoms with E-state index in [9.17, 15) is 9.59 Å². The molecule has 0 atom stereocenters. The third-order valence-electron chi connectivity index (χ3n) is 6.82. The van der Waals surface area contributed by atoms with E-state index < -0.39 is 0 Å². The highest BCUT2D eigenvalue weighted by Gasteiger charge is 2.23. The van der Waals surface area contributed by atoms with Gasteiger partial charge < -0.3 is 24.6 Å². The lowest BCUT2D eigenvalue weighted by molar-refractivity contribution is 0.0739. The molecule has 4 rings (SSSR count). The Balaban J connectivity index is 1.35. The van der Waals surface area contributed by atoms with Gasteiger partial charge >= 0.3 is 6.03 Å². The number of ether oxygens (including phenoxy) is 2. The van der Waals surface area contributed by atoms with Crippen molar-refractivity contribution in [2.45, 2.75) is 0 Å². The standard InChI is InChI=1S/C31H35ClN4O4/c1-39-26-12-7-11-25(23-26)33-31(38)36-21-18-34(19-22-36)17-20-35(30(37)27-13-4-5-14-28(27)32)16-8-10-24-9-3-6-15-29(24)40-2/h3-15,23H,16-22H2,1-2H3,(H,33,38)/b10-8+. The quantitative estimate of drug-likeness (QED) is 0.360. The lowest BCUT2D eigenvalue weighted by Crippen LogP contribution is -2.51. The third kappa shape index (κ3) is 7.77. The van der Waals surface area contributed by atoms with Crippen LogP contribution in [0.2, 0.25) is 5.02 Å². The fraction of sp³-hybridized carbons (Fsp3) is 0.290. The average molecular weight is 563 g/mol. The van der Waals surface area contributed by atoms with E-state index in [4.69, 9.17) is 21.1 Å². The number of nitrogens with zero attached hydrogens (tertiary/aromatic N) is 3. The van der Waals surface area contributed by atoms with Crippen molar-refractivity contribution in [3.05, 3.63) is 95.0 Å². The molecule has 1 aliphatic rings. The van der Waals surface area contributed by atoms with Crippen LogP contribution < -0.4 is 14.8 Å². The number of nitrogens with one attached hydrogen (secondary N) is 1. The van der Waals surface area contributed by atoms with Crippen LogP contribution in [0.5, 0.6) is 11.5 Å². The van der Waals surface area contributed by atoms with Gasteiger partial charge in [-0.2, -0.15) is 0 Å². The maximum atomic E-state index is 13.5. The van der Waals surface area contributed by atoms with Gasteiger partial charge in [-0.25, -0.2) is 4.79 Å². The van der Waals surface area contributed by atoms with E-state index in [0.717, 1.165) is 24.4 Å². The second kappa shape index (κ2) is 14.4. The zero-order valence-electron chi connectivity index (χ0n) is 22.9. The summed E-state index contributed by atoms with van der Waals surface area (Å²) in [6.07, 6.45) is 3.93. The molecule has 40 heavy (non-hydrogen) atoms. The molecule has 0 saturated carbocycles. The summed E-state index contributed by atoms with van der Waals surface area (Å²) in [5, 5.41) is 3.37. The van der Waals surface area contributed by atoms with Gasteiger partial charge in [0.2, 0.25) is 0 Å². The SMILES string of the molecule is COc1cccc(NC(=O)N2CCN(CCN(C/C=C/c3ccccc3OC)C(=O)c3ccccc3Cl)CC2)c1. The number of amides is 3. The molecule has 210 valence electrons. The van der Waals surface area contributed by atoms with Crippen LogP contribution >= 0.6 is 11.6 Å². The number of halogens is 1. The fourth-order valence-corrected chi connectivity index (χ4v) is 4.75. The minimum absolute atomic E-state index is 0.119. The van der Waals surface area contributed by atoms with E-state index in [1.165, 1.54) is 0 Å². The Hall–Kier alpha value is -4.01. The van der Waals surface area contributed by atoms with Crippen molar-refractivity contribution < 1.29 is 19.1 Å². The van der Waals surface area contributed by atoms with Crippen molar-refractivity contribution in [1.82, 2.24) is 14.7 Å². The van der Waals surface area contributed by atoms with Crippen molar-refractivity contribution in [2.75, 3.05) is 65.3 Å². The predicted octanol–water partition coefficient (Wildman–Crippen LogP) is 5.36. The van der Waals surface area contributed by atoms with E-state index in [-0.39, 0.29) is 11.9 Å². The molecule has 8 nitrogen and oxygen atoms in total. The first-order valence-corrected chi connectivity index (χ1v) is 13.6. The number of carbonyl (C=O) groups excluding carboxylic acids is 2. The topological polar surface area (TPSA) is 74.3 Å².